The summed E-state index contributed by atoms with van der Waals surface area (Å²) in [6.45, 7) is 2.19. The van der Waals surface area contributed by atoms with E-state index < -0.39 is 4.92 Å². The van der Waals surface area contributed by atoms with Crippen molar-refractivity contribution in [1.29, 1.82) is 0 Å². The van der Waals surface area contributed by atoms with Gasteiger partial charge in [-0.2, -0.15) is 5.11 Å². The summed E-state index contributed by atoms with van der Waals surface area (Å²) in [7, 11) is 0. The highest BCUT2D eigenvalue weighted by Crippen LogP contribution is 2.32. The van der Waals surface area contributed by atoms with Crippen LogP contribution in [0.2, 0.25) is 5.02 Å². The lowest BCUT2D eigenvalue weighted by atomic mass is 10.0. The number of halogens is 1. The zero-order valence-electron chi connectivity index (χ0n) is 19.8. The first kappa shape index (κ1) is 27.3. The standard InChI is InChI=1S/C27H34ClN3O3/c1-2-3-4-5-6-7-8-9-10-11-12-13-14-15-22-20-24(32)17-19-26(22)29-30-27-21-23(31(33)34)16-18-25(27)28/h4-5,7-8,16-21,32H,2-3,6,9-15H2,1H3/b5-4+,8-7+,30-29?. The molecule has 0 spiro atoms. The third-order valence-electron chi connectivity index (χ3n) is 5.35. The zero-order valence-corrected chi connectivity index (χ0v) is 20.6. The summed E-state index contributed by atoms with van der Waals surface area (Å²) >= 11 is 6.11. The molecule has 6 nitrogen and oxygen atoms in total. The van der Waals surface area contributed by atoms with Gasteiger partial charge in [0.1, 0.15) is 11.4 Å². The molecule has 0 aliphatic rings. The molecule has 0 aliphatic carbocycles. The number of allylic oxidation sites excluding steroid dienone is 4. The Bertz CT molecular complexity index is 1000. The van der Waals surface area contributed by atoms with Crippen molar-refractivity contribution in [3.05, 3.63) is 81.4 Å². The van der Waals surface area contributed by atoms with E-state index in [1.54, 1.807) is 18.2 Å². The van der Waals surface area contributed by atoms with Crippen molar-refractivity contribution in [2.45, 2.75) is 71.1 Å². The maximum atomic E-state index is 11.0. The monoisotopic (exact) mass is 483 g/mol. The Morgan fingerprint density at radius 2 is 1.62 bits per heavy atom. The first-order valence-corrected chi connectivity index (χ1v) is 12.4. The molecule has 0 radical (unpaired) electrons. The van der Waals surface area contributed by atoms with Crippen LogP contribution in [0.25, 0.3) is 0 Å². The molecule has 1 N–H and O–H groups in total. The average molecular weight is 484 g/mol. The quantitative estimate of drug-likeness (QED) is 0.0898. The van der Waals surface area contributed by atoms with Gasteiger partial charge in [0.15, 0.2) is 0 Å². The van der Waals surface area contributed by atoms with Crippen molar-refractivity contribution in [2.75, 3.05) is 0 Å². The number of nitro groups is 1. The number of aromatic hydroxyl groups is 1. The number of hydrogen-bond acceptors (Lipinski definition) is 5. The van der Waals surface area contributed by atoms with Crippen molar-refractivity contribution in [1.82, 2.24) is 0 Å². The molecule has 0 fully saturated rings. The molecule has 0 bridgehead atoms. The minimum absolute atomic E-state index is 0.0939. The van der Waals surface area contributed by atoms with Gasteiger partial charge in [0.2, 0.25) is 0 Å². The van der Waals surface area contributed by atoms with Gasteiger partial charge in [0.05, 0.1) is 15.6 Å². The first-order chi connectivity index (χ1) is 16.5. The van der Waals surface area contributed by atoms with Crippen molar-refractivity contribution in [3.63, 3.8) is 0 Å². The van der Waals surface area contributed by atoms with Gasteiger partial charge in [0.25, 0.3) is 5.69 Å². The largest absolute Gasteiger partial charge is 0.508 e. The molecule has 182 valence electrons. The molecule has 2 aromatic carbocycles. The average Bonchev–Trinajstić information content (AvgIpc) is 2.82. The van der Waals surface area contributed by atoms with Crippen LogP contribution in [0, 0.1) is 10.1 Å². The second-order valence-corrected chi connectivity index (χ2v) is 8.59. The van der Waals surface area contributed by atoms with Crippen molar-refractivity contribution in [2.24, 2.45) is 10.2 Å². The van der Waals surface area contributed by atoms with Gasteiger partial charge in [-0.25, -0.2) is 0 Å². The number of hydrogen-bond donors (Lipinski definition) is 1. The number of phenolic OH excluding ortho intramolecular Hbond substituents is 1. The SMILES string of the molecule is CCC/C=C/C/C=C/CCCCCCCc1cc(O)ccc1N=Nc1cc([N+](=O)[O-])ccc1Cl. The fourth-order valence-electron chi connectivity index (χ4n) is 3.45. The molecular weight excluding hydrogens is 450 g/mol. The summed E-state index contributed by atoms with van der Waals surface area (Å²) in [5, 5.41) is 29.5. The highest BCUT2D eigenvalue weighted by molar-refractivity contribution is 6.33. The molecular formula is C27H34ClN3O3. The molecule has 0 saturated heterocycles. The topological polar surface area (TPSA) is 88.1 Å². The summed E-state index contributed by atoms with van der Waals surface area (Å²) in [5.74, 6) is 0.179. The summed E-state index contributed by atoms with van der Waals surface area (Å²) in [6, 6.07) is 9.01. The van der Waals surface area contributed by atoms with Crippen LogP contribution < -0.4 is 0 Å². The molecule has 7 heteroatoms. The fourth-order valence-corrected chi connectivity index (χ4v) is 3.61. The predicted molar refractivity (Wildman–Crippen MR) is 140 cm³/mol. The first-order valence-electron chi connectivity index (χ1n) is 12.0. The molecule has 34 heavy (non-hydrogen) atoms. The van der Waals surface area contributed by atoms with E-state index in [-0.39, 0.29) is 22.1 Å². The van der Waals surface area contributed by atoms with Gasteiger partial charge < -0.3 is 5.11 Å². The van der Waals surface area contributed by atoms with E-state index in [1.807, 2.05) is 0 Å². The maximum absolute atomic E-state index is 11.0. The number of nitro benzene ring substituents is 1. The zero-order chi connectivity index (χ0) is 24.6. The number of rotatable bonds is 15. The fraction of sp³-hybridized carbons (Fsp3) is 0.407. The number of azo groups is 1. The van der Waals surface area contributed by atoms with Crippen molar-refractivity contribution >= 4 is 28.7 Å². The Hall–Kier alpha value is -2.99. The molecule has 0 heterocycles. The number of aryl methyl sites for hydroxylation is 1. The van der Waals surface area contributed by atoms with Crippen LogP contribution >= 0.6 is 11.6 Å². The van der Waals surface area contributed by atoms with E-state index in [2.05, 4.69) is 41.5 Å². The Morgan fingerprint density at radius 1 is 0.912 bits per heavy atom. The Labute approximate surface area is 207 Å². The lowest BCUT2D eigenvalue weighted by Gasteiger charge is -2.06. The summed E-state index contributed by atoms with van der Waals surface area (Å²) in [6.07, 6.45) is 19.9. The summed E-state index contributed by atoms with van der Waals surface area (Å²) < 4.78 is 0. The van der Waals surface area contributed by atoms with Crippen LogP contribution in [0.3, 0.4) is 0 Å². The number of benzene rings is 2. The van der Waals surface area contributed by atoms with E-state index >= 15 is 0 Å². The molecule has 2 rings (SSSR count). The van der Waals surface area contributed by atoms with Gasteiger partial charge in [-0.05, 0) is 68.4 Å². The minimum Gasteiger partial charge on any atom is -0.508 e. The van der Waals surface area contributed by atoms with E-state index in [0.717, 1.165) is 44.1 Å². The van der Waals surface area contributed by atoms with Crippen LogP contribution in [0.15, 0.2) is 70.9 Å². The molecule has 0 aromatic heterocycles. The molecule has 0 unspecified atom stereocenters. The van der Waals surface area contributed by atoms with E-state index in [0.29, 0.717) is 5.69 Å². The van der Waals surface area contributed by atoms with Crippen molar-refractivity contribution < 1.29 is 10.0 Å². The van der Waals surface area contributed by atoms with Gasteiger partial charge in [0, 0.05) is 12.1 Å². The Kier molecular flexibility index (Phi) is 12.6. The number of unbranched alkanes of at least 4 members (excludes halogenated alkanes) is 6. The normalized spacial score (nSPS) is 11.8. The molecule has 0 aliphatic heterocycles. The Morgan fingerprint density at radius 3 is 2.38 bits per heavy atom. The van der Waals surface area contributed by atoms with Crippen LogP contribution in [0.4, 0.5) is 17.1 Å². The lowest BCUT2D eigenvalue weighted by Crippen LogP contribution is -1.88. The molecule has 0 atom stereocenters. The third kappa shape index (κ3) is 10.3. The van der Waals surface area contributed by atoms with Crippen LogP contribution in [-0.2, 0) is 6.42 Å². The van der Waals surface area contributed by atoms with Gasteiger partial charge in [-0.3, -0.25) is 10.1 Å². The van der Waals surface area contributed by atoms with Gasteiger partial charge >= 0.3 is 0 Å². The number of phenols is 1. The second-order valence-electron chi connectivity index (χ2n) is 8.18. The van der Waals surface area contributed by atoms with E-state index in [9.17, 15) is 15.2 Å². The lowest BCUT2D eigenvalue weighted by molar-refractivity contribution is -0.384. The molecule has 2 aromatic rings. The molecule has 0 amide bonds. The third-order valence-corrected chi connectivity index (χ3v) is 5.67. The summed E-state index contributed by atoms with van der Waals surface area (Å²) in [4.78, 5) is 10.5. The predicted octanol–water partition coefficient (Wildman–Crippen LogP) is 9.55. The number of non-ortho nitro benzene ring substituents is 1. The minimum atomic E-state index is -0.496. The van der Waals surface area contributed by atoms with E-state index in [4.69, 9.17) is 11.6 Å². The highest BCUT2D eigenvalue weighted by atomic mass is 35.5. The summed E-state index contributed by atoms with van der Waals surface area (Å²) in [5.41, 5.74) is 1.66. The van der Waals surface area contributed by atoms with Gasteiger partial charge in [-0.1, -0.05) is 68.5 Å². The van der Waals surface area contributed by atoms with E-state index in [1.165, 1.54) is 43.9 Å². The number of nitrogens with zero attached hydrogens (tertiary/aromatic N) is 3. The smallest absolute Gasteiger partial charge is 0.271 e. The second kappa shape index (κ2) is 15.8. The van der Waals surface area contributed by atoms with Crippen LogP contribution in [0.5, 0.6) is 5.75 Å². The highest BCUT2D eigenvalue weighted by Gasteiger charge is 2.10. The maximum Gasteiger partial charge on any atom is 0.271 e. The Balaban J connectivity index is 1.79. The molecule has 0 saturated carbocycles. The van der Waals surface area contributed by atoms with Gasteiger partial charge in [-0.15, -0.1) is 5.11 Å². The van der Waals surface area contributed by atoms with Crippen molar-refractivity contribution in [3.8, 4) is 5.75 Å². The van der Waals surface area contributed by atoms with Crippen LogP contribution in [-0.4, -0.2) is 10.0 Å². The van der Waals surface area contributed by atoms with Crippen LogP contribution in [0.1, 0.15) is 70.3 Å².